The fraction of sp³-hybridized carbons (Fsp3) is 0.650. The highest BCUT2D eigenvalue weighted by Crippen LogP contribution is 2.26. The number of nitrogens with zero attached hydrogens (tertiary/aromatic N) is 1. The average Bonchev–Trinajstić information content (AvgIpc) is 3.14. The van der Waals surface area contributed by atoms with Crippen molar-refractivity contribution in [3.8, 4) is 5.75 Å². The van der Waals surface area contributed by atoms with Crippen molar-refractivity contribution in [2.24, 2.45) is 0 Å². The molecule has 132 valence electrons. The van der Waals surface area contributed by atoms with E-state index in [4.69, 9.17) is 4.74 Å². The Morgan fingerprint density at radius 2 is 1.67 bits per heavy atom. The Hall–Kier alpha value is -1.71. The van der Waals surface area contributed by atoms with Gasteiger partial charge in [-0.3, -0.25) is 0 Å². The molecular weight excluding hydrogens is 300 g/mol. The molecule has 2 fully saturated rings. The normalized spacial score (nSPS) is 19.2. The van der Waals surface area contributed by atoms with Crippen LogP contribution in [0.3, 0.4) is 0 Å². The summed E-state index contributed by atoms with van der Waals surface area (Å²) in [6, 6.07) is 8.97. The maximum absolute atomic E-state index is 12.9. The number of nitrogens with one attached hydrogen (secondary N) is 1. The number of carbonyl (C=O) groups is 1. The van der Waals surface area contributed by atoms with Gasteiger partial charge < -0.3 is 15.0 Å². The molecule has 0 aliphatic heterocycles. The summed E-state index contributed by atoms with van der Waals surface area (Å²) in [5.41, 5.74) is 1.17. The lowest BCUT2D eigenvalue weighted by Gasteiger charge is -2.35. The van der Waals surface area contributed by atoms with Crippen molar-refractivity contribution in [1.82, 2.24) is 10.2 Å². The van der Waals surface area contributed by atoms with E-state index >= 15 is 0 Å². The number of ether oxygens (including phenoxy) is 1. The Bertz CT molecular complexity index is 517. The molecule has 1 aromatic rings. The van der Waals surface area contributed by atoms with E-state index in [-0.39, 0.29) is 6.03 Å². The molecule has 0 aromatic heterocycles. The third-order valence-electron chi connectivity index (χ3n) is 5.47. The number of urea groups is 1. The SMILES string of the molecule is COc1ccc(CN(C(=O)NC2CCCC2)C2CCCCC2)cc1. The number of methoxy groups -OCH3 is 1. The van der Waals surface area contributed by atoms with Gasteiger partial charge in [0.1, 0.15) is 5.75 Å². The van der Waals surface area contributed by atoms with Crippen molar-refractivity contribution in [2.45, 2.75) is 76.4 Å². The van der Waals surface area contributed by atoms with Gasteiger partial charge in [-0.05, 0) is 43.4 Å². The molecule has 2 aliphatic rings. The number of hydrogen-bond acceptors (Lipinski definition) is 2. The van der Waals surface area contributed by atoms with Gasteiger partial charge >= 0.3 is 6.03 Å². The van der Waals surface area contributed by atoms with E-state index < -0.39 is 0 Å². The molecule has 0 spiro atoms. The van der Waals surface area contributed by atoms with Crippen LogP contribution in [0, 0.1) is 0 Å². The van der Waals surface area contributed by atoms with Crippen LogP contribution in [0.4, 0.5) is 4.79 Å². The average molecular weight is 330 g/mol. The van der Waals surface area contributed by atoms with Gasteiger partial charge in [-0.2, -0.15) is 0 Å². The summed E-state index contributed by atoms with van der Waals surface area (Å²) in [7, 11) is 1.68. The zero-order valence-electron chi connectivity index (χ0n) is 14.8. The van der Waals surface area contributed by atoms with E-state index in [0.29, 0.717) is 18.6 Å². The summed E-state index contributed by atoms with van der Waals surface area (Å²) in [5.74, 6) is 0.860. The Balaban J connectivity index is 1.68. The molecule has 24 heavy (non-hydrogen) atoms. The molecule has 1 N–H and O–H groups in total. The van der Waals surface area contributed by atoms with Crippen LogP contribution in [0.1, 0.15) is 63.4 Å². The molecule has 0 atom stereocenters. The van der Waals surface area contributed by atoms with Crippen LogP contribution in [0.15, 0.2) is 24.3 Å². The van der Waals surface area contributed by atoms with Crippen molar-refractivity contribution in [3.63, 3.8) is 0 Å². The monoisotopic (exact) mass is 330 g/mol. The lowest BCUT2D eigenvalue weighted by Crippen LogP contribution is -2.48. The molecule has 2 amide bonds. The fourth-order valence-electron chi connectivity index (χ4n) is 4.01. The van der Waals surface area contributed by atoms with Gasteiger partial charge in [0.15, 0.2) is 0 Å². The summed E-state index contributed by atoms with van der Waals surface area (Å²) in [6.45, 7) is 0.688. The fourth-order valence-corrected chi connectivity index (χ4v) is 4.01. The Morgan fingerprint density at radius 3 is 2.29 bits per heavy atom. The predicted octanol–water partition coefficient (Wildman–Crippen LogP) is 4.48. The van der Waals surface area contributed by atoms with Crippen molar-refractivity contribution in [1.29, 1.82) is 0 Å². The first kappa shape index (κ1) is 17.1. The van der Waals surface area contributed by atoms with E-state index in [1.165, 1.54) is 37.7 Å². The van der Waals surface area contributed by atoms with Crippen molar-refractivity contribution in [2.75, 3.05) is 7.11 Å². The highest BCUT2D eigenvalue weighted by atomic mass is 16.5. The molecule has 2 aliphatic carbocycles. The molecule has 3 rings (SSSR count). The number of amides is 2. The quantitative estimate of drug-likeness (QED) is 0.864. The van der Waals surface area contributed by atoms with E-state index in [2.05, 4.69) is 22.3 Å². The van der Waals surface area contributed by atoms with Crippen molar-refractivity contribution in [3.05, 3.63) is 29.8 Å². The molecule has 0 bridgehead atoms. The zero-order chi connectivity index (χ0) is 16.8. The van der Waals surface area contributed by atoms with E-state index in [9.17, 15) is 4.79 Å². The second-order valence-electron chi connectivity index (χ2n) is 7.20. The van der Waals surface area contributed by atoms with Gasteiger partial charge in [-0.15, -0.1) is 0 Å². The van der Waals surface area contributed by atoms with Gasteiger partial charge in [-0.1, -0.05) is 44.2 Å². The maximum Gasteiger partial charge on any atom is 0.318 e. The van der Waals surface area contributed by atoms with Crippen molar-refractivity contribution < 1.29 is 9.53 Å². The minimum absolute atomic E-state index is 0.129. The first-order valence-corrected chi connectivity index (χ1v) is 9.46. The van der Waals surface area contributed by atoms with Crippen LogP contribution in [-0.4, -0.2) is 30.1 Å². The van der Waals surface area contributed by atoms with Gasteiger partial charge in [0.05, 0.1) is 7.11 Å². The topological polar surface area (TPSA) is 41.6 Å². The number of benzene rings is 1. The Labute approximate surface area is 145 Å². The second kappa shape index (κ2) is 8.41. The van der Waals surface area contributed by atoms with Crippen LogP contribution in [-0.2, 0) is 6.54 Å². The third kappa shape index (κ3) is 4.43. The lowest BCUT2D eigenvalue weighted by molar-refractivity contribution is 0.148. The van der Waals surface area contributed by atoms with Gasteiger partial charge in [-0.25, -0.2) is 4.79 Å². The van der Waals surface area contributed by atoms with E-state index in [1.807, 2.05) is 12.1 Å². The largest absolute Gasteiger partial charge is 0.497 e. The first-order valence-electron chi connectivity index (χ1n) is 9.46. The summed E-state index contributed by atoms with van der Waals surface area (Å²) in [6.07, 6.45) is 10.8. The minimum Gasteiger partial charge on any atom is -0.497 e. The highest BCUT2D eigenvalue weighted by Gasteiger charge is 2.27. The summed E-state index contributed by atoms with van der Waals surface area (Å²) in [4.78, 5) is 15.0. The molecule has 1 aromatic carbocycles. The van der Waals surface area contributed by atoms with Crippen molar-refractivity contribution >= 4 is 6.03 Å². The van der Waals surface area contributed by atoms with E-state index in [0.717, 1.165) is 31.4 Å². The van der Waals surface area contributed by atoms with Crippen LogP contribution in [0.25, 0.3) is 0 Å². The molecular formula is C20H30N2O2. The number of carbonyl (C=O) groups excluding carboxylic acids is 1. The molecule has 2 saturated carbocycles. The highest BCUT2D eigenvalue weighted by molar-refractivity contribution is 5.75. The number of rotatable bonds is 5. The van der Waals surface area contributed by atoms with Gasteiger partial charge in [0, 0.05) is 18.6 Å². The minimum atomic E-state index is 0.129. The molecule has 0 unspecified atom stereocenters. The van der Waals surface area contributed by atoms with Gasteiger partial charge in [0.25, 0.3) is 0 Å². The maximum atomic E-state index is 12.9. The smallest absolute Gasteiger partial charge is 0.318 e. The Morgan fingerprint density at radius 1 is 1.04 bits per heavy atom. The van der Waals surface area contributed by atoms with Crippen LogP contribution in [0.5, 0.6) is 5.75 Å². The molecule has 0 heterocycles. The lowest BCUT2D eigenvalue weighted by atomic mass is 9.94. The number of hydrogen-bond donors (Lipinski definition) is 1. The first-order chi connectivity index (χ1) is 11.8. The van der Waals surface area contributed by atoms with Crippen LogP contribution < -0.4 is 10.1 Å². The van der Waals surface area contributed by atoms with Crippen LogP contribution >= 0.6 is 0 Å². The molecule has 0 saturated heterocycles. The molecule has 4 heteroatoms. The third-order valence-corrected chi connectivity index (χ3v) is 5.47. The summed E-state index contributed by atoms with van der Waals surface area (Å²) >= 11 is 0. The zero-order valence-corrected chi connectivity index (χ0v) is 14.8. The summed E-state index contributed by atoms with van der Waals surface area (Å²) in [5, 5.41) is 3.28. The second-order valence-corrected chi connectivity index (χ2v) is 7.20. The predicted molar refractivity (Wildman–Crippen MR) is 96.2 cm³/mol. The molecule has 0 radical (unpaired) electrons. The Kier molecular flexibility index (Phi) is 6.00. The van der Waals surface area contributed by atoms with E-state index in [1.54, 1.807) is 7.11 Å². The summed E-state index contributed by atoms with van der Waals surface area (Å²) < 4.78 is 5.23. The molecule has 4 nitrogen and oxygen atoms in total. The standard InChI is InChI=1S/C20H30N2O2/c1-24-19-13-11-16(12-14-19)15-22(18-9-3-2-4-10-18)20(23)21-17-7-5-6-8-17/h11-14,17-18H,2-10,15H2,1H3,(H,21,23). The van der Waals surface area contributed by atoms with Gasteiger partial charge in [0.2, 0.25) is 0 Å². The van der Waals surface area contributed by atoms with Crippen LogP contribution in [0.2, 0.25) is 0 Å².